The van der Waals surface area contributed by atoms with Gasteiger partial charge in [0.2, 0.25) is 0 Å². The fraction of sp³-hybridized carbons (Fsp3) is 0.143. The quantitative estimate of drug-likeness (QED) is 0.166. The van der Waals surface area contributed by atoms with E-state index in [1.54, 1.807) is 17.4 Å². The number of aromatic hydroxyl groups is 1. The zero-order valence-electron chi connectivity index (χ0n) is 35.5. The highest BCUT2D eigenvalue weighted by atomic mass is 32.1. The third-order valence-corrected chi connectivity index (χ3v) is 12.3. The minimum absolute atomic E-state index is 0.0540. The molecule has 0 radical (unpaired) electrons. The predicted octanol–water partition coefficient (Wildman–Crippen LogP) is 15.8. The maximum atomic E-state index is 11.2. The molecule has 9 aromatic rings. The molecule has 1 N–H and O–H groups in total. The second kappa shape index (κ2) is 16.0. The van der Waals surface area contributed by atoms with Crippen LogP contribution < -0.4 is 4.90 Å². The van der Waals surface area contributed by atoms with Crippen molar-refractivity contribution in [3.8, 4) is 61.6 Å². The topological polar surface area (TPSA) is 49.2 Å². The van der Waals surface area contributed by atoms with Crippen LogP contribution in [0.1, 0.15) is 52.7 Å². The van der Waals surface area contributed by atoms with Crippen LogP contribution in [0.3, 0.4) is 0 Å². The van der Waals surface area contributed by atoms with E-state index in [4.69, 9.17) is 9.97 Å². The summed E-state index contributed by atoms with van der Waals surface area (Å²) in [4.78, 5) is 12.6. The Kier molecular flexibility index (Phi) is 10.4. The van der Waals surface area contributed by atoms with E-state index < -0.39 is 0 Å². The van der Waals surface area contributed by atoms with Gasteiger partial charge in [0.1, 0.15) is 11.6 Å². The van der Waals surface area contributed by atoms with Crippen LogP contribution in [0.4, 0.5) is 17.2 Å². The molecule has 3 aromatic heterocycles. The fourth-order valence-corrected chi connectivity index (χ4v) is 8.99. The lowest BCUT2D eigenvalue weighted by Gasteiger charge is -2.28. The number of pyridine rings is 2. The van der Waals surface area contributed by atoms with Crippen LogP contribution in [0.2, 0.25) is 0 Å². The molecule has 6 aromatic carbocycles. The van der Waals surface area contributed by atoms with E-state index in [1.165, 1.54) is 32.3 Å². The van der Waals surface area contributed by atoms with Gasteiger partial charge in [-0.05, 0) is 116 Å². The van der Waals surface area contributed by atoms with Crippen LogP contribution in [0.25, 0.3) is 66.0 Å². The Morgan fingerprint density at radius 2 is 1.10 bits per heavy atom. The molecule has 3 heterocycles. The zero-order chi connectivity index (χ0) is 42.3. The van der Waals surface area contributed by atoms with E-state index in [0.29, 0.717) is 11.3 Å². The Morgan fingerprint density at radius 1 is 0.492 bits per heavy atom. The summed E-state index contributed by atoms with van der Waals surface area (Å²) in [6.45, 7) is 13.6. The van der Waals surface area contributed by atoms with Gasteiger partial charge in [0.25, 0.3) is 0 Å². The van der Waals surface area contributed by atoms with Gasteiger partial charge in [0.05, 0.1) is 21.8 Å². The molecular formula is C56H49N3OS. The molecular weight excluding hydrogens is 763 g/mol. The summed E-state index contributed by atoms with van der Waals surface area (Å²) in [5, 5.41) is 14.6. The van der Waals surface area contributed by atoms with Crippen molar-refractivity contribution in [3.05, 3.63) is 193 Å². The number of fused-ring (bicyclic) bond motifs is 1. The number of rotatable bonds is 8. The second-order valence-corrected chi connectivity index (χ2v) is 18.6. The monoisotopic (exact) mass is 811 g/mol. The molecule has 9 rings (SSSR count). The van der Waals surface area contributed by atoms with Gasteiger partial charge >= 0.3 is 0 Å². The number of nitrogens with zero attached hydrogens (tertiary/aromatic N) is 3. The number of phenolic OH excluding ortho intramolecular Hbond substituents is 1. The van der Waals surface area contributed by atoms with Crippen LogP contribution in [0.15, 0.2) is 181 Å². The minimum atomic E-state index is -0.0540. The summed E-state index contributed by atoms with van der Waals surface area (Å²) in [5.74, 6) is 1.00. The lowest BCUT2D eigenvalue weighted by molar-refractivity contribution is 0.477. The molecule has 0 aliphatic heterocycles. The van der Waals surface area contributed by atoms with Gasteiger partial charge in [-0.25, -0.2) is 9.97 Å². The Hall–Kier alpha value is -6.82. The summed E-state index contributed by atoms with van der Waals surface area (Å²) < 4.78 is 1.17. The number of phenols is 1. The highest BCUT2D eigenvalue weighted by Gasteiger charge is 2.26. The number of anilines is 3. The molecule has 61 heavy (non-hydrogen) atoms. The van der Waals surface area contributed by atoms with E-state index in [-0.39, 0.29) is 16.6 Å². The molecule has 4 nitrogen and oxygen atoms in total. The lowest BCUT2D eigenvalue weighted by Crippen LogP contribution is -2.16. The SMILES string of the molecule is CC(C)(C)c1cc(-c2cc(-c3cccc(N(c4ccccn4)c4c(-c5ccccc5)cc(-c5ccccc5)c5ccsc45)c3)nc(-c3ccccc3O)c2)cc(C(C)(C)C)c1. The highest BCUT2D eigenvalue weighted by Crippen LogP contribution is 2.50. The van der Waals surface area contributed by atoms with Crippen molar-refractivity contribution in [1.82, 2.24) is 9.97 Å². The molecule has 300 valence electrons. The van der Waals surface area contributed by atoms with Crippen LogP contribution in [-0.2, 0) is 10.8 Å². The van der Waals surface area contributed by atoms with Crippen molar-refractivity contribution in [1.29, 1.82) is 0 Å². The smallest absolute Gasteiger partial charge is 0.137 e. The number of para-hydroxylation sites is 1. The molecule has 0 fully saturated rings. The number of thiophene rings is 1. The standard InChI is InChI=1S/C56H49N3OS/c1-55(2,3)42-30-40(31-43(35-42)56(4,5)6)41-33-49(58-50(34-41)46-24-13-14-25-51(46)60)39-22-17-23-44(32-39)59(52-26-15-16-28-57-52)53-48(38-20-11-8-12-21-38)36-47(37-18-9-7-10-19-37)45-27-29-61-54(45)53/h7-36,60H,1-6H3. The number of benzene rings is 6. The summed E-state index contributed by atoms with van der Waals surface area (Å²) in [7, 11) is 0. The average molecular weight is 812 g/mol. The largest absolute Gasteiger partial charge is 0.507 e. The Labute approximate surface area is 363 Å². The van der Waals surface area contributed by atoms with Crippen molar-refractivity contribution in [3.63, 3.8) is 0 Å². The van der Waals surface area contributed by atoms with Crippen LogP contribution in [0, 0.1) is 0 Å². The number of hydrogen-bond acceptors (Lipinski definition) is 5. The number of hydrogen-bond donors (Lipinski definition) is 1. The minimum Gasteiger partial charge on any atom is -0.507 e. The van der Waals surface area contributed by atoms with Crippen molar-refractivity contribution in [2.45, 2.75) is 52.4 Å². The molecule has 0 saturated heterocycles. The van der Waals surface area contributed by atoms with Crippen LogP contribution >= 0.6 is 11.3 Å². The maximum Gasteiger partial charge on any atom is 0.137 e. The average Bonchev–Trinajstić information content (AvgIpc) is 3.77. The summed E-state index contributed by atoms with van der Waals surface area (Å²) in [5.41, 5.74) is 14.4. The Bertz CT molecular complexity index is 2960. The van der Waals surface area contributed by atoms with Gasteiger partial charge in [-0.2, -0.15) is 0 Å². The molecule has 0 aliphatic rings. The first-order valence-corrected chi connectivity index (χ1v) is 21.7. The third-order valence-electron chi connectivity index (χ3n) is 11.4. The van der Waals surface area contributed by atoms with Crippen molar-refractivity contribution in [2.75, 3.05) is 4.90 Å². The van der Waals surface area contributed by atoms with Gasteiger partial charge in [-0.15, -0.1) is 11.3 Å². The van der Waals surface area contributed by atoms with Crippen LogP contribution in [0.5, 0.6) is 5.75 Å². The van der Waals surface area contributed by atoms with E-state index in [1.807, 2.05) is 36.5 Å². The first-order chi connectivity index (χ1) is 29.4. The first-order valence-electron chi connectivity index (χ1n) is 20.9. The Morgan fingerprint density at radius 3 is 1.75 bits per heavy atom. The van der Waals surface area contributed by atoms with Gasteiger partial charge in [0, 0.05) is 34.0 Å². The summed E-state index contributed by atoms with van der Waals surface area (Å²) in [6, 6.07) is 59.4. The third kappa shape index (κ3) is 7.97. The number of aromatic nitrogens is 2. The van der Waals surface area contributed by atoms with Gasteiger partial charge < -0.3 is 5.11 Å². The van der Waals surface area contributed by atoms with E-state index >= 15 is 0 Å². The lowest BCUT2D eigenvalue weighted by atomic mass is 9.79. The highest BCUT2D eigenvalue weighted by molar-refractivity contribution is 7.18. The molecule has 5 heteroatoms. The first kappa shape index (κ1) is 39.6. The molecule has 0 unspecified atom stereocenters. The predicted molar refractivity (Wildman–Crippen MR) is 258 cm³/mol. The molecule has 0 aliphatic carbocycles. The van der Waals surface area contributed by atoms with Crippen molar-refractivity contribution >= 4 is 38.6 Å². The van der Waals surface area contributed by atoms with E-state index in [2.05, 4.69) is 185 Å². The van der Waals surface area contributed by atoms with Crippen molar-refractivity contribution in [2.24, 2.45) is 0 Å². The fourth-order valence-electron chi connectivity index (χ4n) is 8.03. The summed E-state index contributed by atoms with van der Waals surface area (Å²) in [6.07, 6.45) is 1.86. The van der Waals surface area contributed by atoms with Gasteiger partial charge in [-0.3, -0.25) is 4.90 Å². The van der Waals surface area contributed by atoms with Gasteiger partial charge in [0.15, 0.2) is 0 Å². The molecule has 0 spiro atoms. The normalized spacial score (nSPS) is 11.8. The molecule has 0 atom stereocenters. The van der Waals surface area contributed by atoms with Crippen LogP contribution in [-0.4, -0.2) is 15.1 Å². The van der Waals surface area contributed by atoms with Crippen molar-refractivity contribution < 1.29 is 5.11 Å². The maximum absolute atomic E-state index is 11.2. The molecule has 0 bridgehead atoms. The Balaban J connectivity index is 1.29. The second-order valence-electron chi connectivity index (χ2n) is 17.7. The van der Waals surface area contributed by atoms with E-state index in [0.717, 1.165) is 50.7 Å². The summed E-state index contributed by atoms with van der Waals surface area (Å²) >= 11 is 1.75. The molecule has 0 saturated carbocycles. The zero-order valence-corrected chi connectivity index (χ0v) is 36.3. The van der Waals surface area contributed by atoms with Gasteiger partial charge in [-0.1, -0.05) is 151 Å². The van der Waals surface area contributed by atoms with E-state index in [9.17, 15) is 5.11 Å². The molecule has 0 amide bonds.